The van der Waals surface area contributed by atoms with E-state index in [1.807, 2.05) is 67.6 Å². The van der Waals surface area contributed by atoms with E-state index in [2.05, 4.69) is 10.6 Å². The summed E-state index contributed by atoms with van der Waals surface area (Å²) in [5.74, 6) is 0.351. The Morgan fingerprint density at radius 3 is 2.32 bits per heavy atom. The highest BCUT2D eigenvalue weighted by atomic mass is 16.5. The lowest BCUT2D eigenvalue weighted by Gasteiger charge is -2.27. The minimum atomic E-state index is -1.15. The number of carbonyl (C=O) groups is 3. The fourth-order valence-corrected chi connectivity index (χ4v) is 4.05. The van der Waals surface area contributed by atoms with Crippen LogP contribution in [0.5, 0.6) is 11.5 Å². The summed E-state index contributed by atoms with van der Waals surface area (Å²) in [6.45, 7) is 1.65. The summed E-state index contributed by atoms with van der Waals surface area (Å²) in [6.07, 6.45) is 2.10. The average Bonchev–Trinajstić information content (AvgIpc) is 3.09. The van der Waals surface area contributed by atoms with Crippen molar-refractivity contribution in [3.05, 3.63) is 90.5 Å². The van der Waals surface area contributed by atoms with Gasteiger partial charge in [0.25, 0.3) is 5.91 Å². The summed E-state index contributed by atoms with van der Waals surface area (Å²) in [7, 11) is 0. The van der Waals surface area contributed by atoms with E-state index in [-0.39, 0.29) is 6.54 Å². The number of unbranched alkanes of at least 4 members (excludes halogenated alkanes) is 1. The Labute approximate surface area is 198 Å². The van der Waals surface area contributed by atoms with Gasteiger partial charge in [0.05, 0.1) is 0 Å². The van der Waals surface area contributed by atoms with Crippen LogP contribution in [-0.4, -0.2) is 29.3 Å². The first-order valence-corrected chi connectivity index (χ1v) is 11.3. The fraction of sp³-hybridized carbons (Fsp3) is 0.222. The standard InChI is InChI=1S/C27H27N3O4/c1-2-3-17-27(20-11-6-4-7-12-20)25(32)30(26(33)29-27)19-24(31)28-21-13-10-16-23(18-21)34-22-14-8-5-9-15-22/h4-16,18H,2-3,17,19H2,1H3,(H,28,31)(H,29,33). The van der Waals surface area contributed by atoms with Gasteiger partial charge in [0.2, 0.25) is 5.91 Å². The summed E-state index contributed by atoms with van der Waals surface area (Å²) in [5, 5.41) is 5.62. The molecule has 1 aliphatic rings. The molecule has 0 bridgehead atoms. The number of benzene rings is 3. The van der Waals surface area contributed by atoms with E-state index in [4.69, 9.17) is 4.74 Å². The zero-order valence-electron chi connectivity index (χ0n) is 19.0. The number of para-hydroxylation sites is 1. The van der Waals surface area contributed by atoms with Crippen LogP contribution in [0.4, 0.5) is 10.5 Å². The Bertz CT molecular complexity index is 1170. The SMILES string of the molecule is CCCCC1(c2ccccc2)NC(=O)N(CC(=O)Nc2cccc(Oc3ccccc3)c2)C1=O. The molecule has 0 aliphatic carbocycles. The largest absolute Gasteiger partial charge is 0.457 e. The second kappa shape index (κ2) is 10.2. The van der Waals surface area contributed by atoms with Crippen molar-refractivity contribution in [1.82, 2.24) is 10.2 Å². The zero-order chi connectivity index (χ0) is 24.0. The normalized spacial score (nSPS) is 17.4. The molecule has 2 N–H and O–H groups in total. The van der Waals surface area contributed by atoms with Crippen LogP contribution >= 0.6 is 0 Å². The van der Waals surface area contributed by atoms with E-state index in [1.54, 1.807) is 24.3 Å². The third-order valence-electron chi connectivity index (χ3n) is 5.75. The van der Waals surface area contributed by atoms with Gasteiger partial charge in [-0.1, -0.05) is 74.4 Å². The minimum Gasteiger partial charge on any atom is -0.457 e. The van der Waals surface area contributed by atoms with Crippen molar-refractivity contribution in [2.24, 2.45) is 0 Å². The van der Waals surface area contributed by atoms with E-state index in [0.29, 0.717) is 23.6 Å². The highest BCUT2D eigenvalue weighted by Gasteiger charge is 2.52. The predicted molar refractivity (Wildman–Crippen MR) is 129 cm³/mol. The fourth-order valence-electron chi connectivity index (χ4n) is 4.05. The average molecular weight is 458 g/mol. The van der Waals surface area contributed by atoms with Crippen molar-refractivity contribution in [3.63, 3.8) is 0 Å². The van der Waals surface area contributed by atoms with E-state index in [9.17, 15) is 14.4 Å². The molecule has 4 rings (SSSR count). The van der Waals surface area contributed by atoms with Gasteiger partial charge in [-0.05, 0) is 36.2 Å². The van der Waals surface area contributed by atoms with E-state index < -0.39 is 23.4 Å². The van der Waals surface area contributed by atoms with E-state index >= 15 is 0 Å². The van der Waals surface area contributed by atoms with Gasteiger partial charge in [-0.2, -0.15) is 0 Å². The number of rotatable bonds is 9. The number of imide groups is 1. The predicted octanol–water partition coefficient (Wildman–Crippen LogP) is 5.05. The van der Waals surface area contributed by atoms with Crippen molar-refractivity contribution in [1.29, 1.82) is 0 Å². The lowest BCUT2D eigenvalue weighted by molar-refractivity contribution is -0.134. The number of urea groups is 1. The Balaban J connectivity index is 1.46. The van der Waals surface area contributed by atoms with Crippen molar-refractivity contribution in [3.8, 4) is 11.5 Å². The molecule has 174 valence electrons. The van der Waals surface area contributed by atoms with Crippen LogP contribution in [0.3, 0.4) is 0 Å². The lowest BCUT2D eigenvalue weighted by Crippen LogP contribution is -2.44. The van der Waals surface area contributed by atoms with Gasteiger partial charge in [-0.25, -0.2) is 4.79 Å². The molecule has 0 aromatic heterocycles. The summed E-state index contributed by atoms with van der Waals surface area (Å²) in [6, 6.07) is 24.9. The molecule has 1 heterocycles. The van der Waals surface area contributed by atoms with Gasteiger partial charge in [0.15, 0.2) is 0 Å². The van der Waals surface area contributed by atoms with Crippen molar-refractivity contribution >= 4 is 23.5 Å². The van der Waals surface area contributed by atoms with Crippen molar-refractivity contribution in [2.75, 3.05) is 11.9 Å². The number of anilines is 1. The second-order valence-electron chi connectivity index (χ2n) is 8.19. The lowest BCUT2D eigenvalue weighted by atomic mass is 9.85. The molecule has 0 saturated carbocycles. The molecule has 1 fully saturated rings. The third-order valence-corrected chi connectivity index (χ3v) is 5.75. The van der Waals surface area contributed by atoms with Crippen LogP contribution in [0.15, 0.2) is 84.9 Å². The van der Waals surface area contributed by atoms with Crippen molar-refractivity contribution < 1.29 is 19.1 Å². The first-order valence-electron chi connectivity index (χ1n) is 11.3. The van der Waals surface area contributed by atoms with Crippen LogP contribution in [0.2, 0.25) is 0 Å². The summed E-state index contributed by atoms with van der Waals surface area (Å²) >= 11 is 0. The molecule has 1 saturated heterocycles. The van der Waals surface area contributed by atoms with Gasteiger partial charge in [-0.3, -0.25) is 14.5 Å². The van der Waals surface area contributed by atoms with Gasteiger partial charge >= 0.3 is 6.03 Å². The molecule has 0 radical (unpaired) electrons. The van der Waals surface area contributed by atoms with Crippen LogP contribution in [-0.2, 0) is 15.1 Å². The number of hydrogen-bond donors (Lipinski definition) is 2. The molecule has 1 unspecified atom stereocenters. The molecule has 7 heteroatoms. The smallest absolute Gasteiger partial charge is 0.325 e. The molecule has 4 amide bonds. The van der Waals surface area contributed by atoms with Gasteiger partial charge in [0.1, 0.15) is 23.6 Å². The molecule has 7 nitrogen and oxygen atoms in total. The Morgan fingerprint density at radius 2 is 1.62 bits per heavy atom. The Morgan fingerprint density at radius 1 is 0.941 bits per heavy atom. The number of carbonyl (C=O) groups excluding carboxylic acids is 3. The van der Waals surface area contributed by atoms with Gasteiger partial charge < -0.3 is 15.4 Å². The third kappa shape index (κ3) is 4.93. The van der Waals surface area contributed by atoms with E-state index in [1.165, 1.54) is 0 Å². The summed E-state index contributed by atoms with van der Waals surface area (Å²) < 4.78 is 5.80. The number of amides is 4. The van der Waals surface area contributed by atoms with Crippen LogP contribution in [0.1, 0.15) is 31.7 Å². The molecule has 1 aliphatic heterocycles. The van der Waals surface area contributed by atoms with Crippen LogP contribution < -0.4 is 15.4 Å². The topological polar surface area (TPSA) is 87.7 Å². The van der Waals surface area contributed by atoms with Crippen LogP contribution in [0, 0.1) is 0 Å². The Hall–Kier alpha value is -4.13. The first kappa shape index (κ1) is 23.0. The highest BCUT2D eigenvalue weighted by molar-refractivity contribution is 6.10. The maximum absolute atomic E-state index is 13.4. The molecule has 34 heavy (non-hydrogen) atoms. The minimum absolute atomic E-state index is 0.380. The number of hydrogen-bond acceptors (Lipinski definition) is 4. The molecule has 0 spiro atoms. The van der Waals surface area contributed by atoms with Crippen LogP contribution in [0.25, 0.3) is 0 Å². The monoisotopic (exact) mass is 457 g/mol. The maximum Gasteiger partial charge on any atom is 0.325 e. The quantitative estimate of drug-likeness (QED) is 0.440. The molecular formula is C27H27N3O4. The van der Waals surface area contributed by atoms with Gasteiger partial charge in [-0.15, -0.1) is 0 Å². The highest BCUT2D eigenvalue weighted by Crippen LogP contribution is 2.34. The number of ether oxygens (including phenoxy) is 1. The van der Waals surface area contributed by atoms with Gasteiger partial charge in [0, 0.05) is 11.8 Å². The zero-order valence-corrected chi connectivity index (χ0v) is 19.0. The second-order valence-corrected chi connectivity index (χ2v) is 8.19. The van der Waals surface area contributed by atoms with Crippen molar-refractivity contribution in [2.45, 2.75) is 31.7 Å². The molecule has 3 aromatic carbocycles. The summed E-state index contributed by atoms with van der Waals surface area (Å²) in [5.41, 5.74) is 0.0687. The first-order chi connectivity index (χ1) is 16.5. The molecule has 1 atom stereocenters. The Kier molecular flexibility index (Phi) is 6.92. The maximum atomic E-state index is 13.4. The molecule has 3 aromatic rings. The van der Waals surface area contributed by atoms with E-state index in [0.717, 1.165) is 23.3 Å². The summed E-state index contributed by atoms with van der Waals surface area (Å²) in [4.78, 5) is 40.0. The number of nitrogens with zero attached hydrogens (tertiary/aromatic N) is 1. The molecular weight excluding hydrogens is 430 g/mol. The number of nitrogens with one attached hydrogen (secondary N) is 2.